The van der Waals surface area contributed by atoms with Gasteiger partial charge in [0.25, 0.3) is 5.91 Å². The summed E-state index contributed by atoms with van der Waals surface area (Å²) in [5.41, 5.74) is 0.394. The van der Waals surface area contributed by atoms with E-state index >= 15 is 0 Å². The molecule has 2 amide bonds. The Morgan fingerprint density at radius 1 is 1.00 bits per heavy atom. The number of ether oxygens (including phenoxy) is 1. The fourth-order valence-electron chi connectivity index (χ4n) is 5.55. The van der Waals surface area contributed by atoms with Gasteiger partial charge in [0, 0.05) is 54.7 Å². The van der Waals surface area contributed by atoms with Gasteiger partial charge in [-0.1, -0.05) is 0 Å². The lowest BCUT2D eigenvalue weighted by molar-refractivity contribution is -0.169. The third kappa shape index (κ3) is 8.00. The van der Waals surface area contributed by atoms with E-state index in [0.29, 0.717) is 56.5 Å². The van der Waals surface area contributed by atoms with Gasteiger partial charge in [-0.05, 0) is 82.4 Å². The predicted octanol–water partition coefficient (Wildman–Crippen LogP) is 5.36. The van der Waals surface area contributed by atoms with E-state index in [1.807, 2.05) is 25.9 Å². The van der Waals surface area contributed by atoms with Gasteiger partial charge in [-0.2, -0.15) is 18.3 Å². The van der Waals surface area contributed by atoms with Crippen molar-refractivity contribution in [1.29, 1.82) is 0 Å². The highest BCUT2D eigenvalue weighted by Gasteiger charge is 2.47. The average molecular weight is 709 g/mol. The smallest absolute Gasteiger partial charge is 0.381 e. The molecule has 1 fully saturated rings. The van der Waals surface area contributed by atoms with Crippen molar-refractivity contribution < 1.29 is 44.7 Å². The Morgan fingerprint density at radius 2 is 1.67 bits per heavy atom. The first-order chi connectivity index (χ1) is 23.0. The van der Waals surface area contributed by atoms with Gasteiger partial charge in [0.2, 0.25) is 9.84 Å². The number of likely N-dealkylation sites (N-methyl/N-ethyl adjacent to an activating group) is 1. The van der Waals surface area contributed by atoms with E-state index in [-0.39, 0.29) is 39.1 Å². The highest BCUT2D eigenvalue weighted by atomic mass is 32.2. The highest BCUT2D eigenvalue weighted by molar-refractivity contribution is 7.91. The second-order valence-corrected chi connectivity index (χ2v) is 13.9. The fraction of sp³-hybridized carbons (Fsp3) is 0.344. The van der Waals surface area contributed by atoms with E-state index in [1.54, 1.807) is 6.07 Å². The van der Waals surface area contributed by atoms with Crippen molar-refractivity contribution in [2.75, 3.05) is 49.4 Å². The van der Waals surface area contributed by atoms with Gasteiger partial charge >= 0.3 is 12.1 Å². The first-order valence-corrected chi connectivity index (χ1v) is 16.6. The van der Waals surface area contributed by atoms with Crippen LogP contribution in [0.15, 0.2) is 64.4 Å². The minimum atomic E-state index is -5.55. The molecule has 1 saturated heterocycles. The Morgan fingerprint density at radius 3 is 2.31 bits per heavy atom. The van der Waals surface area contributed by atoms with Crippen LogP contribution in [-0.2, 0) is 19.4 Å². The van der Waals surface area contributed by atoms with Crippen LogP contribution in [-0.4, -0.2) is 87.4 Å². The van der Waals surface area contributed by atoms with Crippen LogP contribution in [0.2, 0.25) is 0 Å². The zero-order valence-electron chi connectivity index (χ0n) is 26.6. The number of carbonyl (C=O) groups is 2. The summed E-state index contributed by atoms with van der Waals surface area (Å²) in [6.45, 7) is 3.42. The Labute approximate surface area is 278 Å². The molecule has 4 aromatic rings. The van der Waals surface area contributed by atoms with Crippen LogP contribution in [0.5, 0.6) is 0 Å². The molecule has 0 saturated carbocycles. The summed E-state index contributed by atoms with van der Waals surface area (Å²) in [6.07, 6.45) is -4.46. The molecule has 1 aliphatic heterocycles. The number of fused-ring (bicyclic) bond motifs is 1. The highest BCUT2D eigenvalue weighted by Crippen LogP contribution is 2.35. The number of rotatable bonds is 10. The molecule has 1 aromatic heterocycles. The van der Waals surface area contributed by atoms with E-state index < -0.39 is 55.1 Å². The number of anilines is 3. The van der Waals surface area contributed by atoms with Gasteiger partial charge in [-0.25, -0.2) is 22.1 Å². The topological polar surface area (TPSA) is 137 Å². The summed E-state index contributed by atoms with van der Waals surface area (Å²) >= 11 is 0. The minimum Gasteiger partial charge on any atom is -0.381 e. The number of benzene rings is 3. The maximum Gasteiger partial charge on any atom is 0.472 e. The molecule has 49 heavy (non-hydrogen) atoms. The maximum atomic E-state index is 14.2. The number of sulfone groups is 1. The number of alkyl halides is 3. The lowest BCUT2D eigenvalue weighted by atomic mass is 10.0. The van der Waals surface area contributed by atoms with Crippen molar-refractivity contribution in [1.82, 2.24) is 15.1 Å². The number of nitrogens with one attached hydrogen (secondary N) is 3. The van der Waals surface area contributed by atoms with E-state index in [9.17, 15) is 40.0 Å². The molecule has 0 radical (unpaired) electrons. The van der Waals surface area contributed by atoms with Gasteiger partial charge in [0.05, 0.1) is 20.9 Å². The molecule has 5 rings (SSSR count). The number of hydrogen-bond acceptors (Lipinski definition) is 9. The molecular formula is C32H33F5N6O5S. The van der Waals surface area contributed by atoms with Crippen LogP contribution in [0.3, 0.4) is 0 Å². The van der Waals surface area contributed by atoms with E-state index in [0.717, 1.165) is 18.2 Å². The molecule has 3 aromatic carbocycles. The Bertz CT molecular complexity index is 1960. The number of nitrogens with zero attached hydrogens (tertiary/aromatic N) is 3. The second-order valence-electron chi connectivity index (χ2n) is 11.9. The van der Waals surface area contributed by atoms with Crippen molar-refractivity contribution in [3.8, 4) is 0 Å². The number of aromatic nitrogens is 2. The van der Waals surface area contributed by atoms with Crippen LogP contribution >= 0.6 is 0 Å². The minimum absolute atomic E-state index is 0.0258. The van der Waals surface area contributed by atoms with Crippen LogP contribution in [0.1, 0.15) is 30.1 Å². The lowest BCUT2D eigenvalue weighted by Gasteiger charge is -2.27. The summed E-state index contributed by atoms with van der Waals surface area (Å²) in [5.74, 6) is -7.14. The first kappa shape index (κ1) is 35.7. The van der Waals surface area contributed by atoms with Crippen LogP contribution < -0.4 is 15.5 Å². The molecule has 2 heterocycles. The number of hydrogen-bond donors (Lipinski definition) is 3. The van der Waals surface area contributed by atoms with Gasteiger partial charge in [-0.15, -0.1) is 0 Å². The largest absolute Gasteiger partial charge is 0.472 e. The molecule has 1 atom stereocenters. The molecule has 1 unspecified atom stereocenters. The second kappa shape index (κ2) is 14.1. The Hall–Kier alpha value is -4.61. The summed E-state index contributed by atoms with van der Waals surface area (Å²) in [6, 6.07) is 8.78. The van der Waals surface area contributed by atoms with Crippen LogP contribution in [0.4, 0.5) is 39.1 Å². The van der Waals surface area contributed by atoms with Crippen molar-refractivity contribution in [3.05, 3.63) is 71.8 Å². The van der Waals surface area contributed by atoms with Gasteiger partial charge in [0.15, 0.2) is 5.82 Å². The summed E-state index contributed by atoms with van der Waals surface area (Å²) < 4.78 is 102. The normalized spacial score (nSPS) is 15.0. The Kier molecular flexibility index (Phi) is 10.3. The van der Waals surface area contributed by atoms with Crippen molar-refractivity contribution >= 4 is 49.7 Å². The van der Waals surface area contributed by atoms with Gasteiger partial charge in [-0.3, -0.25) is 14.7 Å². The molecule has 0 bridgehead atoms. The number of imide groups is 1. The molecule has 17 heteroatoms. The van der Waals surface area contributed by atoms with E-state index in [2.05, 4.69) is 20.8 Å². The van der Waals surface area contributed by atoms with Crippen LogP contribution in [0.25, 0.3) is 10.9 Å². The zero-order chi connectivity index (χ0) is 35.7. The summed E-state index contributed by atoms with van der Waals surface area (Å²) in [7, 11) is -0.842. The van der Waals surface area contributed by atoms with E-state index in [4.69, 9.17) is 4.74 Å². The maximum absolute atomic E-state index is 14.2. The lowest BCUT2D eigenvalue weighted by Crippen LogP contribution is -2.45. The first-order valence-electron chi connectivity index (χ1n) is 15.1. The molecule has 262 valence electrons. The molecule has 3 N–H and O–H groups in total. The monoisotopic (exact) mass is 708 g/mol. The van der Waals surface area contributed by atoms with E-state index in [1.165, 1.54) is 12.1 Å². The van der Waals surface area contributed by atoms with Crippen molar-refractivity contribution in [2.45, 2.75) is 47.8 Å². The third-order valence-electron chi connectivity index (χ3n) is 7.71. The molecule has 0 aliphatic carbocycles. The molecule has 1 aliphatic rings. The van der Waals surface area contributed by atoms with Crippen molar-refractivity contribution in [2.24, 2.45) is 0 Å². The number of halogens is 5. The molecular weight excluding hydrogens is 675 g/mol. The Balaban J connectivity index is 1.61. The predicted molar refractivity (Wildman–Crippen MR) is 171 cm³/mol. The quantitative estimate of drug-likeness (QED) is 0.186. The summed E-state index contributed by atoms with van der Waals surface area (Å²) in [5, 5.41) is 12.4. The zero-order valence-corrected chi connectivity index (χ0v) is 27.4. The number of amides is 2. The van der Waals surface area contributed by atoms with Gasteiger partial charge < -0.3 is 20.3 Å². The SMILES string of the molecule is CC(CN(C)C)Nc1ccc(C(=O)N(C(=O)C(F)(F)F)c2n[nH]c3ccc(S(=O)(=O)c4cc(F)cc(F)c4)cc23)c(NC2CCOCC2)c1. The standard InChI is InChI=1S/C32H33F5N6O5S/c1-18(17-42(2)3)38-22-4-6-25(28(15-22)39-21-8-10-48-11-9-21)30(44)43(31(45)32(35,36)37)29-26-16-23(5-7-27(26)40-41-29)49(46,47)24-13-19(33)12-20(34)14-24/h4-7,12-16,18,21,38-39H,8-11,17H2,1-3H3,(H,40,41). The number of carbonyl (C=O) groups excluding carboxylic acids is 2. The number of H-pyrrole nitrogens is 1. The van der Waals surface area contributed by atoms with Gasteiger partial charge in [0.1, 0.15) is 11.6 Å². The third-order valence-corrected chi connectivity index (χ3v) is 9.45. The van der Waals surface area contributed by atoms with Crippen molar-refractivity contribution in [3.63, 3.8) is 0 Å². The number of aromatic amines is 1. The fourth-order valence-corrected chi connectivity index (χ4v) is 6.88. The average Bonchev–Trinajstić information content (AvgIpc) is 3.43. The summed E-state index contributed by atoms with van der Waals surface area (Å²) in [4.78, 5) is 27.6. The molecule has 11 nitrogen and oxygen atoms in total. The van der Waals surface area contributed by atoms with Crippen LogP contribution in [0, 0.1) is 11.6 Å². The molecule has 0 spiro atoms.